The molecule has 0 saturated carbocycles. The van der Waals surface area contributed by atoms with Crippen molar-refractivity contribution in [3.8, 4) is 0 Å². The lowest BCUT2D eigenvalue weighted by Gasteiger charge is -2.28. The van der Waals surface area contributed by atoms with Crippen LogP contribution in [0.5, 0.6) is 0 Å². The molecule has 2 aliphatic rings. The van der Waals surface area contributed by atoms with Gasteiger partial charge in [-0.05, 0) is 36.8 Å². The van der Waals surface area contributed by atoms with Crippen LogP contribution in [0.2, 0.25) is 0 Å². The van der Waals surface area contributed by atoms with Crippen LogP contribution < -0.4 is 10.9 Å². The van der Waals surface area contributed by atoms with Gasteiger partial charge < -0.3 is 4.90 Å². The molecule has 1 aliphatic carbocycles. The maximum absolute atomic E-state index is 12.7. The van der Waals surface area contributed by atoms with Gasteiger partial charge in [-0.15, -0.1) is 0 Å². The summed E-state index contributed by atoms with van der Waals surface area (Å²) in [6.07, 6.45) is 5.28. The second kappa shape index (κ2) is 6.16. The molecule has 1 aromatic rings. The van der Waals surface area contributed by atoms with Crippen LogP contribution in [0, 0.1) is 0 Å². The molecule has 114 valence electrons. The Hall–Kier alpha value is -1.39. The van der Waals surface area contributed by atoms with Crippen LogP contribution in [0.3, 0.4) is 0 Å². The van der Waals surface area contributed by atoms with Gasteiger partial charge in [0.25, 0.3) is 0 Å². The summed E-state index contributed by atoms with van der Waals surface area (Å²) in [7, 11) is 1.95. The molecule has 21 heavy (non-hydrogen) atoms. The number of benzene rings is 1. The largest absolute Gasteiger partial charge is 0.337 e. The number of hydrazine groups is 1. The van der Waals surface area contributed by atoms with E-state index >= 15 is 0 Å². The Kier molecular flexibility index (Phi) is 4.27. The summed E-state index contributed by atoms with van der Waals surface area (Å²) >= 11 is 0. The molecule has 1 aromatic carbocycles. The van der Waals surface area contributed by atoms with E-state index in [0.29, 0.717) is 6.04 Å². The molecular formula is C17H25N3O. The second-order valence-corrected chi connectivity index (χ2v) is 6.26. The van der Waals surface area contributed by atoms with E-state index < -0.39 is 0 Å². The van der Waals surface area contributed by atoms with Crippen molar-refractivity contribution < 1.29 is 4.79 Å². The minimum absolute atomic E-state index is 0.0840. The van der Waals surface area contributed by atoms with Gasteiger partial charge in [0, 0.05) is 13.1 Å². The van der Waals surface area contributed by atoms with Crippen LogP contribution in [0.4, 0.5) is 0 Å². The van der Waals surface area contributed by atoms with Crippen molar-refractivity contribution in [1.29, 1.82) is 0 Å². The molecule has 3 unspecified atom stereocenters. The Labute approximate surface area is 126 Å². The van der Waals surface area contributed by atoms with Crippen LogP contribution >= 0.6 is 0 Å². The molecule has 1 amide bonds. The predicted molar refractivity (Wildman–Crippen MR) is 83.6 cm³/mol. The van der Waals surface area contributed by atoms with Crippen LogP contribution in [0.1, 0.15) is 49.8 Å². The third-order valence-electron chi connectivity index (χ3n) is 4.83. The Morgan fingerprint density at radius 3 is 2.95 bits per heavy atom. The van der Waals surface area contributed by atoms with Gasteiger partial charge in [0.1, 0.15) is 6.04 Å². The summed E-state index contributed by atoms with van der Waals surface area (Å²) in [6.45, 7) is 2.18. The summed E-state index contributed by atoms with van der Waals surface area (Å²) in [6, 6.07) is 9.08. The van der Waals surface area contributed by atoms with Crippen LogP contribution in [-0.2, 0) is 11.2 Å². The van der Waals surface area contributed by atoms with Gasteiger partial charge in [-0.25, -0.2) is 5.43 Å². The van der Waals surface area contributed by atoms with E-state index in [0.717, 1.165) is 32.1 Å². The first-order valence-electron chi connectivity index (χ1n) is 8.06. The average molecular weight is 287 g/mol. The number of likely N-dealkylation sites (N-methyl/N-ethyl adjacent to an activating group) is 1. The number of hydrogen-bond donors (Lipinski definition) is 2. The Morgan fingerprint density at radius 1 is 1.33 bits per heavy atom. The van der Waals surface area contributed by atoms with Gasteiger partial charge in [0.2, 0.25) is 5.91 Å². The number of fused-ring (bicyclic) bond motifs is 1. The third-order valence-corrected chi connectivity index (χ3v) is 4.83. The van der Waals surface area contributed by atoms with Crippen molar-refractivity contribution in [2.45, 2.75) is 57.2 Å². The minimum atomic E-state index is -0.0840. The molecule has 4 nitrogen and oxygen atoms in total. The lowest BCUT2D eigenvalue weighted by atomic mass is 10.0. The molecule has 1 saturated heterocycles. The standard InChI is InChI=1S/C17H25N3O/c1-3-6-13-11-15(19-18-13)17(21)20(2)16-10-9-12-7-4-5-8-14(12)16/h4-5,7-8,13,15-16,18-19H,3,6,9-11H2,1-2H3. The van der Waals surface area contributed by atoms with E-state index in [2.05, 4.69) is 42.0 Å². The van der Waals surface area contributed by atoms with E-state index in [-0.39, 0.29) is 18.0 Å². The highest BCUT2D eigenvalue weighted by molar-refractivity contribution is 5.82. The highest BCUT2D eigenvalue weighted by atomic mass is 16.2. The first kappa shape index (κ1) is 14.5. The summed E-state index contributed by atoms with van der Waals surface area (Å²) in [5, 5.41) is 0. The zero-order chi connectivity index (χ0) is 14.8. The fraction of sp³-hybridized carbons (Fsp3) is 0.588. The molecule has 3 rings (SSSR count). The number of amides is 1. The molecule has 0 bridgehead atoms. The minimum Gasteiger partial charge on any atom is -0.337 e. The van der Waals surface area contributed by atoms with Crippen molar-refractivity contribution in [1.82, 2.24) is 15.8 Å². The summed E-state index contributed by atoms with van der Waals surface area (Å²) in [4.78, 5) is 14.7. The number of rotatable bonds is 4. The molecular weight excluding hydrogens is 262 g/mol. The fourth-order valence-electron chi connectivity index (χ4n) is 3.66. The zero-order valence-electron chi connectivity index (χ0n) is 12.9. The number of carbonyl (C=O) groups excluding carboxylic acids is 1. The van der Waals surface area contributed by atoms with E-state index in [1.165, 1.54) is 11.1 Å². The number of nitrogens with one attached hydrogen (secondary N) is 2. The normalized spacial score (nSPS) is 27.6. The molecule has 3 atom stereocenters. The van der Waals surface area contributed by atoms with E-state index in [4.69, 9.17) is 0 Å². The fourth-order valence-corrected chi connectivity index (χ4v) is 3.66. The van der Waals surface area contributed by atoms with Gasteiger partial charge in [-0.1, -0.05) is 37.6 Å². The zero-order valence-corrected chi connectivity index (χ0v) is 12.9. The molecule has 1 fully saturated rings. The molecule has 2 N–H and O–H groups in total. The highest BCUT2D eigenvalue weighted by Crippen LogP contribution is 2.35. The van der Waals surface area contributed by atoms with Crippen LogP contribution in [-0.4, -0.2) is 29.9 Å². The smallest absolute Gasteiger partial charge is 0.241 e. The van der Waals surface area contributed by atoms with E-state index in [9.17, 15) is 4.79 Å². The summed E-state index contributed by atoms with van der Waals surface area (Å²) in [5.74, 6) is 0.211. The Morgan fingerprint density at radius 2 is 2.14 bits per heavy atom. The predicted octanol–water partition coefficient (Wildman–Crippen LogP) is 2.17. The number of nitrogens with zero attached hydrogens (tertiary/aromatic N) is 1. The Bertz CT molecular complexity index is 517. The molecule has 4 heteroatoms. The van der Waals surface area contributed by atoms with Crippen LogP contribution in [0.25, 0.3) is 0 Å². The van der Waals surface area contributed by atoms with Crippen molar-refractivity contribution in [3.05, 3.63) is 35.4 Å². The SMILES string of the molecule is CCCC1CC(C(=O)N(C)C2CCc3ccccc32)NN1. The number of hydrogen-bond acceptors (Lipinski definition) is 3. The first-order chi connectivity index (χ1) is 10.2. The van der Waals surface area contributed by atoms with E-state index in [1.54, 1.807) is 0 Å². The van der Waals surface area contributed by atoms with Gasteiger partial charge >= 0.3 is 0 Å². The van der Waals surface area contributed by atoms with Crippen LogP contribution in [0.15, 0.2) is 24.3 Å². The molecule has 0 radical (unpaired) electrons. The molecule has 1 aliphatic heterocycles. The molecule has 0 spiro atoms. The average Bonchev–Trinajstić information content (AvgIpc) is 3.13. The van der Waals surface area contributed by atoms with Gasteiger partial charge in [-0.2, -0.15) is 0 Å². The quantitative estimate of drug-likeness (QED) is 0.892. The van der Waals surface area contributed by atoms with E-state index in [1.807, 2.05) is 11.9 Å². The number of carbonyl (C=O) groups is 1. The van der Waals surface area contributed by atoms with Gasteiger partial charge in [-0.3, -0.25) is 10.2 Å². The number of aryl methyl sites for hydroxylation is 1. The topological polar surface area (TPSA) is 44.4 Å². The molecule has 1 heterocycles. The first-order valence-corrected chi connectivity index (χ1v) is 8.06. The second-order valence-electron chi connectivity index (χ2n) is 6.26. The van der Waals surface area contributed by atoms with Crippen molar-refractivity contribution in [2.75, 3.05) is 7.05 Å². The summed E-state index contributed by atoms with van der Waals surface area (Å²) in [5.41, 5.74) is 9.15. The Balaban J connectivity index is 1.66. The van der Waals surface area contributed by atoms with Crippen molar-refractivity contribution >= 4 is 5.91 Å². The lowest BCUT2D eigenvalue weighted by Crippen LogP contribution is -2.45. The third kappa shape index (κ3) is 2.83. The maximum Gasteiger partial charge on any atom is 0.241 e. The molecule has 0 aromatic heterocycles. The van der Waals surface area contributed by atoms with Gasteiger partial charge in [0.05, 0.1) is 6.04 Å². The van der Waals surface area contributed by atoms with Crippen molar-refractivity contribution in [2.24, 2.45) is 0 Å². The monoisotopic (exact) mass is 287 g/mol. The summed E-state index contributed by atoms with van der Waals surface area (Å²) < 4.78 is 0. The highest BCUT2D eigenvalue weighted by Gasteiger charge is 2.35. The lowest BCUT2D eigenvalue weighted by molar-refractivity contribution is -0.134. The van der Waals surface area contributed by atoms with Gasteiger partial charge in [0.15, 0.2) is 0 Å². The maximum atomic E-state index is 12.7. The van der Waals surface area contributed by atoms with Crippen molar-refractivity contribution in [3.63, 3.8) is 0 Å².